The highest BCUT2D eigenvalue weighted by atomic mass is 32.2. The third-order valence-corrected chi connectivity index (χ3v) is 12.3. The maximum atomic E-state index is 14.3. The highest BCUT2D eigenvalue weighted by Crippen LogP contribution is 2.46. The molecular weight excluding hydrogens is 682 g/mol. The maximum Gasteiger partial charge on any atom is 0.405 e. The molecule has 3 fully saturated rings. The summed E-state index contributed by atoms with van der Waals surface area (Å²) in [5.74, 6) is -1.58. The Morgan fingerprint density at radius 1 is 1.06 bits per heavy atom. The summed E-state index contributed by atoms with van der Waals surface area (Å²) in [4.78, 5) is 60.0. The van der Waals surface area contributed by atoms with Crippen molar-refractivity contribution < 1.29 is 46.9 Å². The number of sulfonamides is 1. The number of rotatable bonds is 8. The summed E-state index contributed by atoms with van der Waals surface area (Å²) in [7, 11) is -0.853. The van der Waals surface area contributed by atoms with Gasteiger partial charge in [0.1, 0.15) is 35.2 Å². The van der Waals surface area contributed by atoms with Gasteiger partial charge >= 0.3 is 6.09 Å². The van der Waals surface area contributed by atoms with Gasteiger partial charge in [0.15, 0.2) is 0 Å². The zero-order valence-corrected chi connectivity index (χ0v) is 29.9. The van der Waals surface area contributed by atoms with Gasteiger partial charge in [0.2, 0.25) is 27.7 Å². The number of amides is 4. The summed E-state index contributed by atoms with van der Waals surface area (Å²) in [6.45, 7) is 3.72. The van der Waals surface area contributed by atoms with Gasteiger partial charge in [-0.15, -0.1) is 0 Å². The first-order valence-corrected chi connectivity index (χ1v) is 18.8. The minimum atomic E-state index is -3.91. The number of pyridine rings is 1. The van der Waals surface area contributed by atoms with Crippen LogP contribution >= 0.6 is 0 Å². The van der Waals surface area contributed by atoms with Gasteiger partial charge < -0.3 is 34.9 Å². The molecule has 4 N–H and O–H groups in total. The van der Waals surface area contributed by atoms with Gasteiger partial charge in [-0.1, -0.05) is 32.4 Å². The summed E-state index contributed by atoms with van der Waals surface area (Å²) in [6, 6.07) is 2.95. The highest BCUT2D eigenvalue weighted by molar-refractivity contribution is 7.91. The quantitative estimate of drug-likeness (QED) is 0.291. The van der Waals surface area contributed by atoms with Crippen LogP contribution in [0, 0.1) is 17.8 Å². The fourth-order valence-corrected chi connectivity index (χ4v) is 8.52. The van der Waals surface area contributed by atoms with Gasteiger partial charge in [0, 0.05) is 23.1 Å². The van der Waals surface area contributed by atoms with Gasteiger partial charge in [-0.25, -0.2) is 18.2 Å². The molecule has 51 heavy (non-hydrogen) atoms. The highest BCUT2D eigenvalue weighted by Gasteiger charge is 2.62. The Bertz CT molecular complexity index is 1850. The zero-order chi connectivity index (χ0) is 36.7. The van der Waals surface area contributed by atoms with Crippen LogP contribution in [-0.2, 0) is 24.4 Å². The Morgan fingerprint density at radius 2 is 1.82 bits per heavy atom. The summed E-state index contributed by atoms with van der Waals surface area (Å²) in [6.07, 6.45) is 6.23. The van der Waals surface area contributed by atoms with Crippen molar-refractivity contribution in [3.8, 4) is 17.4 Å². The van der Waals surface area contributed by atoms with Crippen LogP contribution in [-0.4, -0.2) is 97.0 Å². The molecule has 4 aliphatic rings. The first-order chi connectivity index (χ1) is 24.3. The number of carbonyl (C=O) groups is 4. The van der Waals surface area contributed by atoms with Crippen molar-refractivity contribution in [3.63, 3.8) is 0 Å². The molecule has 2 aromatic rings. The standard InChI is InChI=1S/C35H45N5O10S/c1-19-6-5-7-20(2)29(37-34(44)45)32(42)40-18-23(50-31-25-13-10-22(48-3)14-26(25)28(49-4)17-36-31)15-27(40)30(41)38-35(16-21(35)9-8-19)33(43)39-51(46,47)24-11-12-24/h8-10,13-14,17,19-21,23-24,27,29,37H,5-7,11-12,15-16,18H2,1-4H3,(H,38,41)(H,39,43)(H,44,45)/b9-8-/t19-,20-,21-,23-,27+,29+,35-/m1/s1. The predicted molar refractivity (Wildman–Crippen MR) is 185 cm³/mol. The molecule has 15 nitrogen and oxygen atoms in total. The van der Waals surface area contributed by atoms with Crippen LogP contribution in [0.4, 0.5) is 4.79 Å². The second kappa shape index (κ2) is 14.2. The van der Waals surface area contributed by atoms with Crippen LogP contribution < -0.4 is 29.6 Å². The van der Waals surface area contributed by atoms with Crippen molar-refractivity contribution in [1.29, 1.82) is 0 Å². The number of carbonyl (C=O) groups excluding carboxylic acids is 3. The maximum absolute atomic E-state index is 14.3. The van der Waals surface area contributed by atoms with Crippen molar-refractivity contribution in [2.75, 3.05) is 20.8 Å². The van der Waals surface area contributed by atoms with Gasteiger partial charge in [-0.3, -0.25) is 19.1 Å². The van der Waals surface area contributed by atoms with E-state index in [9.17, 15) is 32.7 Å². The van der Waals surface area contributed by atoms with Gasteiger partial charge in [0.25, 0.3) is 5.91 Å². The van der Waals surface area contributed by atoms with Crippen molar-refractivity contribution in [3.05, 3.63) is 36.5 Å². The lowest BCUT2D eigenvalue weighted by Crippen LogP contribution is -2.59. The lowest BCUT2D eigenvalue weighted by molar-refractivity contribution is -0.142. The van der Waals surface area contributed by atoms with E-state index in [-0.39, 0.29) is 31.2 Å². The number of aromatic nitrogens is 1. The second-order valence-electron chi connectivity index (χ2n) is 14.2. The molecule has 0 unspecified atom stereocenters. The summed E-state index contributed by atoms with van der Waals surface area (Å²) in [5.41, 5.74) is -1.54. The van der Waals surface area contributed by atoms with Crippen LogP contribution in [0.15, 0.2) is 36.5 Å². The van der Waals surface area contributed by atoms with Crippen molar-refractivity contribution in [2.24, 2.45) is 17.8 Å². The number of fused-ring (bicyclic) bond motifs is 3. The van der Waals surface area contributed by atoms with E-state index in [0.717, 1.165) is 6.42 Å². The lowest BCUT2D eigenvalue weighted by atomic mass is 9.92. The molecule has 7 atom stereocenters. The minimum Gasteiger partial charge on any atom is -0.497 e. The molecule has 4 amide bonds. The average molecular weight is 728 g/mol. The largest absolute Gasteiger partial charge is 0.497 e. The normalized spacial score (nSPS) is 30.5. The van der Waals surface area contributed by atoms with E-state index in [4.69, 9.17) is 14.2 Å². The number of carboxylic acid groups (broad SMARTS) is 1. The molecule has 2 aliphatic carbocycles. The van der Waals surface area contributed by atoms with Crippen LogP contribution in [0.25, 0.3) is 10.8 Å². The zero-order valence-electron chi connectivity index (χ0n) is 29.1. The third kappa shape index (κ3) is 7.55. The molecule has 1 aromatic carbocycles. The van der Waals surface area contributed by atoms with E-state index in [1.54, 1.807) is 32.2 Å². The summed E-state index contributed by atoms with van der Waals surface area (Å²) in [5, 5.41) is 15.6. The number of methoxy groups -OCH3 is 2. The van der Waals surface area contributed by atoms with Gasteiger partial charge in [-0.2, -0.15) is 0 Å². The van der Waals surface area contributed by atoms with E-state index in [2.05, 4.69) is 20.3 Å². The molecule has 3 heterocycles. The van der Waals surface area contributed by atoms with E-state index < -0.39 is 74.7 Å². The number of allylic oxidation sites excluding steroid dienone is 1. The number of nitrogens with one attached hydrogen (secondary N) is 3. The first-order valence-electron chi connectivity index (χ1n) is 17.3. The topological polar surface area (TPSA) is 203 Å². The molecule has 0 radical (unpaired) electrons. The molecule has 276 valence electrons. The van der Waals surface area contributed by atoms with E-state index in [0.29, 0.717) is 48.0 Å². The number of ether oxygens (including phenoxy) is 3. The Morgan fingerprint density at radius 3 is 2.51 bits per heavy atom. The second-order valence-corrected chi connectivity index (χ2v) is 16.1. The SMILES string of the molecule is COc1ccc2c(O[C@@H]3C[C@H]4C(=O)N[C@]5(C(=O)NS(=O)(=O)C6CC6)C[C@H]5/C=C\[C@H](C)CCC[C@@H](C)[C@H](NC(=O)O)C(=O)N4C3)ncc(OC)c2c1. The first kappa shape index (κ1) is 36.2. The molecule has 2 aliphatic heterocycles. The van der Waals surface area contributed by atoms with E-state index in [1.165, 1.54) is 18.2 Å². The molecule has 0 spiro atoms. The number of benzene rings is 1. The number of hydrogen-bond donors (Lipinski definition) is 4. The Kier molecular flexibility index (Phi) is 10.1. The van der Waals surface area contributed by atoms with Crippen LogP contribution in [0.2, 0.25) is 0 Å². The molecule has 2 saturated carbocycles. The Balaban J connectivity index is 1.34. The molecule has 1 aromatic heterocycles. The average Bonchev–Trinajstić information content (AvgIpc) is 4.02. The fraction of sp³-hybridized carbons (Fsp3) is 0.571. The Hall–Kier alpha value is -4.60. The lowest BCUT2D eigenvalue weighted by Gasteiger charge is -2.31. The molecule has 16 heteroatoms. The monoisotopic (exact) mass is 727 g/mol. The third-order valence-electron chi connectivity index (χ3n) is 10.4. The van der Waals surface area contributed by atoms with Crippen molar-refractivity contribution in [2.45, 2.75) is 87.8 Å². The molecule has 0 bridgehead atoms. The van der Waals surface area contributed by atoms with Crippen LogP contribution in [0.3, 0.4) is 0 Å². The molecule has 6 rings (SSSR count). The smallest absolute Gasteiger partial charge is 0.405 e. The molecule has 1 saturated heterocycles. The molecular formula is C35H45N5O10S. The van der Waals surface area contributed by atoms with Crippen molar-refractivity contribution >= 4 is 44.6 Å². The fourth-order valence-electron chi connectivity index (χ4n) is 7.16. The minimum absolute atomic E-state index is 0.00723. The summed E-state index contributed by atoms with van der Waals surface area (Å²) < 4.78 is 45.0. The van der Waals surface area contributed by atoms with Crippen LogP contribution in [0.1, 0.15) is 58.8 Å². The van der Waals surface area contributed by atoms with Gasteiger partial charge in [0.05, 0.1) is 32.2 Å². The van der Waals surface area contributed by atoms with E-state index >= 15 is 0 Å². The Labute approximate surface area is 296 Å². The van der Waals surface area contributed by atoms with Gasteiger partial charge in [-0.05, 0) is 62.1 Å². The van der Waals surface area contributed by atoms with Crippen LogP contribution in [0.5, 0.6) is 17.4 Å². The number of hydrogen-bond acceptors (Lipinski definition) is 10. The van der Waals surface area contributed by atoms with E-state index in [1.807, 2.05) is 19.1 Å². The van der Waals surface area contributed by atoms with Crippen molar-refractivity contribution in [1.82, 2.24) is 25.2 Å². The number of nitrogens with zero attached hydrogens (tertiary/aromatic N) is 2. The summed E-state index contributed by atoms with van der Waals surface area (Å²) >= 11 is 0. The predicted octanol–water partition coefficient (Wildman–Crippen LogP) is 2.73.